The highest BCUT2D eigenvalue weighted by Gasteiger charge is 2.32. The highest BCUT2D eigenvalue weighted by Crippen LogP contribution is 2.33. The Morgan fingerprint density at radius 1 is 0.947 bits per heavy atom. The maximum Gasteiger partial charge on any atom is 0.121 e. The molecule has 0 spiro atoms. The second kappa shape index (κ2) is 5.22. The first-order chi connectivity index (χ1) is 9.31. The van der Waals surface area contributed by atoms with Crippen molar-refractivity contribution in [1.82, 2.24) is 0 Å². The number of hydrogen-bond acceptors (Lipinski definition) is 2. The molecule has 2 nitrogen and oxygen atoms in total. The molecule has 0 amide bonds. The molecule has 0 saturated heterocycles. The molecule has 1 fully saturated rings. The zero-order valence-electron chi connectivity index (χ0n) is 11.3. The van der Waals surface area contributed by atoms with Crippen LogP contribution in [0.1, 0.15) is 32.1 Å². The Kier molecular flexibility index (Phi) is 3.43. The minimum absolute atomic E-state index is 0.138. The Hall–Kier alpha value is -1.54. The molecule has 1 saturated carbocycles. The first-order valence-corrected chi connectivity index (χ1v) is 7.19. The Morgan fingerprint density at radius 2 is 1.68 bits per heavy atom. The van der Waals surface area contributed by atoms with E-state index in [-0.39, 0.29) is 5.60 Å². The van der Waals surface area contributed by atoms with E-state index < -0.39 is 0 Å². The van der Waals surface area contributed by atoms with Crippen molar-refractivity contribution in [3.63, 3.8) is 0 Å². The average molecular weight is 255 g/mol. The predicted octanol–water partition coefficient (Wildman–Crippen LogP) is 3.88. The molecule has 2 heteroatoms. The summed E-state index contributed by atoms with van der Waals surface area (Å²) in [6, 6.07) is 14.7. The molecule has 0 heterocycles. The zero-order chi connectivity index (χ0) is 13.1. The third kappa shape index (κ3) is 2.59. The third-order valence-corrected chi connectivity index (χ3v) is 4.19. The number of nitrogens with two attached hydrogens (primary N) is 1. The Morgan fingerprint density at radius 3 is 2.42 bits per heavy atom. The van der Waals surface area contributed by atoms with Crippen molar-refractivity contribution in [3.8, 4) is 5.75 Å². The first kappa shape index (κ1) is 12.5. The van der Waals surface area contributed by atoms with Crippen LogP contribution in [0.4, 0.5) is 0 Å². The number of benzene rings is 2. The van der Waals surface area contributed by atoms with Gasteiger partial charge in [0.05, 0.1) is 0 Å². The standard InChI is InChI=1S/C17H21NO/c18-13-17(10-4-1-5-11-17)19-16-9-8-14-6-2-3-7-15(14)12-16/h2-3,6-9,12H,1,4-5,10-11,13,18H2. The molecule has 2 N–H and O–H groups in total. The summed E-state index contributed by atoms with van der Waals surface area (Å²) in [5, 5.41) is 2.48. The monoisotopic (exact) mass is 255 g/mol. The largest absolute Gasteiger partial charge is 0.486 e. The highest BCUT2D eigenvalue weighted by molar-refractivity contribution is 5.83. The molecule has 0 aromatic heterocycles. The van der Waals surface area contributed by atoms with Crippen LogP contribution in [-0.4, -0.2) is 12.1 Å². The van der Waals surface area contributed by atoms with Gasteiger partial charge in [0.1, 0.15) is 11.4 Å². The van der Waals surface area contributed by atoms with Gasteiger partial charge < -0.3 is 10.5 Å². The lowest BCUT2D eigenvalue weighted by molar-refractivity contribution is 0.0388. The summed E-state index contributed by atoms with van der Waals surface area (Å²) in [6.07, 6.45) is 5.92. The zero-order valence-corrected chi connectivity index (χ0v) is 11.3. The van der Waals surface area contributed by atoms with Crippen molar-refractivity contribution in [2.75, 3.05) is 6.54 Å². The summed E-state index contributed by atoms with van der Waals surface area (Å²) in [4.78, 5) is 0. The van der Waals surface area contributed by atoms with Gasteiger partial charge in [0.2, 0.25) is 0 Å². The summed E-state index contributed by atoms with van der Waals surface area (Å²) in [6.45, 7) is 0.611. The second-order valence-corrected chi connectivity index (χ2v) is 5.56. The van der Waals surface area contributed by atoms with Gasteiger partial charge in [-0.25, -0.2) is 0 Å². The highest BCUT2D eigenvalue weighted by atomic mass is 16.5. The molecule has 100 valence electrons. The molecule has 2 aromatic rings. The van der Waals surface area contributed by atoms with Crippen LogP contribution in [0.5, 0.6) is 5.75 Å². The summed E-state index contributed by atoms with van der Waals surface area (Å²) in [5.41, 5.74) is 5.84. The molecule has 0 radical (unpaired) electrons. The van der Waals surface area contributed by atoms with Gasteiger partial charge in [0.15, 0.2) is 0 Å². The van der Waals surface area contributed by atoms with E-state index in [0.717, 1.165) is 18.6 Å². The predicted molar refractivity (Wildman–Crippen MR) is 79.4 cm³/mol. The Balaban J connectivity index is 1.87. The molecule has 0 atom stereocenters. The summed E-state index contributed by atoms with van der Waals surface area (Å²) >= 11 is 0. The number of rotatable bonds is 3. The number of hydrogen-bond donors (Lipinski definition) is 1. The quantitative estimate of drug-likeness (QED) is 0.903. The minimum Gasteiger partial charge on any atom is -0.486 e. The first-order valence-electron chi connectivity index (χ1n) is 7.19. The van der Waals surface area contributed by atoms with E-state index in [1.165, 1.54) is 30.0 Å². The van der Waals surface area contributed by atoms with Gasteiger partial charge in [-0.15, -0.1) is 0 Å². The lowest BCUT2D eigenvalue weighted by Gasteiger charge is -2.36. The minimum atomic E-state index is -0.138. The van der Waals surface area contributed by atoms with Gasteiger partial charge in [-0.05, 0) is 48.6 Å². The lowest BCUT2D eigenvalue weighted by atomic mass is 9.84. The summed E-state index contributed by atoms with van der Waals surface area (Å²) in [5.74, 6) is 0.950. The maximum atomic E-state index is 6.28. The molecule has 1 aliphatic carbocycles. The van der Waals surface area contributed by atoms with E-state index in [4.69, 9.17) is 10.5 Å². The molecule has 19 heavy (non-hydrogen) atoms. The second-order valence-electron chi connectivity index (χ2n) is 5.56. The fourth-order valence-electron chi connectivity index (χ4n) is 3.02. The average Bonchev–Trinajstić information content (AvgIpc) is 2.48. The van der Waals surface area contributed by atoms with Crippen LogP contribution in [0.15, 0.2) is 42.5 Å². The van der Waals surface area contributed by atoms with Crippen LogP contribution in [0, 0.1) is 0 Å². The van der Waals surface area contributed by atoms with Gasteiger partial charge in [-0.3, -0.25) is 0 Å². The maximum absolute atomic E-state index is 6.28. The molecule has 0 bridgehead atoms. The smallest absolute Gasteiger partial charge is 0.121 e. The molecule has 0 unspecified atom stereocenters. The number of fused-ring (bicyclic) bond motifs is 1. The van der Waals surface area contributed by atoms with Crippen LogP contribution in [0.3, 0.4) is 0 Å². The molecule has 0 aliphatic heterocycles. The van der Waals surface area contributed by atoms with E-state index in [9.17, 15) is 0 Å². The fraction of sp³-hybridized carbons (Fsp3) is 0.412. The Labute approximate surface area is 114 Å². The van der Waals surface area contributed by atoms with Crippen LogP contribution < -0.4 is 10.5 Å². The van der Waals surface area contributed by atoms with Crippen molar-refractivity contribution < 1.29 is 4.74 Å². The van der Waals surface area contributed by atoms with Gasteiger partial charge in [-0.1, -0.05) is 36.8 Å². The molecule has 1 aliphatic rings. The summed E-state index contributed by atoms with van der Waals surface area (Å²) < 4.78 is 6.28. The van der Waals surface area contributed by atoms with E-state index in [1.54, 1.807) is 0 Å². The van der Waals surface area contributed by atoms with Gasteiger partial charge >= 0.3 is 0 Å². The van der Waals surface area contributed by atoms with E-state index >= 15 is 0 Å². The lowest BCUT2D eigenvalue weighted by Crippen LogP contribution is -2.45. The van der Waals surface area contributed by atoms with Crippen molar-refractivity contribution in [2.24, 2.45) is 5.73 Å². The van der Waals surface area contributed by atoms with E-state index in [2.05, 4.69) is 42.5 Å². The summed E-state index contributed by atoms with van der Waals surface area (Å²) in [7, 11) is 0. The molecular weight excluding hydrogens is 234 g/mol. The van der Waals surface area contributed by atoms with Gasteiger partial charge in [-0.2, -0.15) is 0 Å². The molecular formula is C17H21NO. The molecule has 3 rings (SSSR count). The van der Waals surface area contributed by atoms with Crippen molar-refractivity contribution >= 4 is 10.8 Å². The molecule has 2 aromatic carbocycles. The third-order valence-electron chi connectivity index (χ3n) is 4.19. The van der Waals surface area contributed by atoms with Crippen molar-refractivity contribution in [2.45, 2.75) is 37.7 Å². The van der Waals surface area contributed by atoms with E-state index in [1.807, 2.05) is 0 Å². The van der Waals surface area contributed by atoms with Crippen molar-refractivity contribution in [3.05, 3.63) is 42.5 Å². The van der Waals surface area contributed by atoms with Crippen LogP contribution in [0.2, 0.25) is 0 Å². The topological polar surface area (TPSA) is 35.2 Å². The van der Waals surface area contributed by atoms with Crippen LogP contribution in [0.25, 0.3) is 10.8 Å². The SMILES string of the molecule is NCC1(Oc2ccc3ccccc3c2)CCCCC1. The van der Waals surface area contributed by atoms with Gasteiger partial charge in [0.25, 0.3) is 0 Å². The Bertz CT molecular complexity index is 558. The van der Waals surface area contributed by atoms with E-state index in [0.29, 0.717) is 6.54 Å². The normalized spacial score (nSPS) is 18.4. The van der Waals surface area contributed by atoms with Crippen LogP contribution >= 0.6 is 0 Å². The van der Waals surface area contributed by atoms with Crippen LogP contribution in [-0.2, 0) is 0 Å². The fourth-order valence-corrected chi connectivity index (χ4v) is 3.02. The van der Waals surface area contributed by atoms with Gasteiger partial charge in [0, 0.05) is 6.54 Å². The number of ether oxygens (including phenoxy) is 1. The van der Waals surface area contributed by atoms with Crippen molar-refractivity contribution in [1.29, 1.82) is 0 Å².